The first-order chi connectivity index (χ1) is 11.5. The van der Waals surface area contributed by atoms with Gasteiger partial charge in [0.2, 0.25) is 5.91 Å². The topological polar surface area (TPSA) is 92.8 Å². The molecule has 8 heteroatoms. The minimum atomic E-state index is -3.32. The Kier molecular flexibility index (Phi) is 4.86. The van der Waals surface area contributed by atoms with Crippen LogP contribution >= 0.6 is 0 Å². The molecule has 1 aromatic carbocycles. The van der Waals surface area contributed by atoms with Crippen LogP contribution in [0.4, 0.5) is 0 Å². The second kappa shape index (κ2) is 6.90. The van der Waals surface area contributed by atoms with Crippen LogP contribution < -0.4 is 5.48 Å². The second-order valence-electron chi connectivity index (χ2n) is 6.00. The van der Waals surface area contributed by atoms with Gasteiger partial charge in [-0.25, -0.2) is 13.9 Å². The molecule has 0 saturated carbocycles. The monoisotopic (exact) mass is 352 g/mol. The summed E-state index contributed by atoms with van der Waals surface area (Å²) in [5.74, 6) is -0.843. The predicted molar refractivity (Wildman–Crippen MR) is 85.8 cm³/mol. The molecule has 7 nitrogen and oxygen atoms in total. The summed E-state index contributed by atoms with van der Waals surface area (Å²) in [5.41, 5.74) is 2.90. The Balaban J connectivity index is 1.57. The van der Waals surface area contributed by atoms with E-state index in [1.165, 1.54) is 6.07 Å². The summed E-state index contributed by atoms with van der Waals surface area (Å²) >= 11 is 0. The minimum absolute atomic E-state index is 0.0512. The van der Waals surface area contributed by atoms with Crippen LogP contribution in [0.5, 0.6) is 0 Å². The molecule has 0 radical (unpaired) electrons. The van der Waals surface area contributed by atoms with Crippen molar-refractivity contribution >= 4 is 21.7 Å². The summed E-state index contributed by atoms with van der Waals surface area (Å²) in [6.07, 6.45) is 1.66. The van der Waals surface area contributed by atoms with Crippen molar-refractivity contribution < 1.29 is 22.8 Å². The molecule has 2 amide bonds. The van der Waals surface area contributed by atoms with Crippen LogP contribution in [-0.2, 0) is 24.3 Å². The predicted octanol–water partition coefficient (Wildman–Crippen LogP) is 0.618. The highest BCUT2D eigenvalue weighted by molar-refractivity contribution is 7.91. The molecule has 130 valence electrons. The minimum Gasteiger partial charge on any atom is -0.340 e. The third kappa shape index (κ3) is 3.44. The van der Waals surface area contributed by atoms with Gasteiger partial charge in [-0.15, -0.1) is 0 Å². The lowest BCUT2D eigenvalue weighted by Crippen LogP contribution is -2.36. The largest absolute Gasteiger partial charge is 0.340 e. The van der Waals surface area contributed by atoms with Gasteiger partial charge in [-0.1, -0.05) is 18.2 Å². The first-order valence-electron chi connectivity index (χ1n) is 8.00. The van der Waals surface area contributed by atoms with E-state index in [-0.39, 0.29) is 35.5 Å². The second-order valence-corrected chi connectivity index (χ2v) is 8.07. The maximum Gasteiger partial charge on any atom is 0.251 e. The zero-order valence-electron chi connectivity index (χ0n) is 13.2. The molecule has 1 unspecified atom stereocenters. The molecule has 0 aromatic heterocycles. The van der Waals surface area contributed by atoms with E-state index < -0.39 is 15.8 Å². The van der Waals surface area contributed by atoms with Gasteiger partial charge in [-0.3, -0.25) is 14.4 Å². The molecular formula is C16H20N2O5S. The fraction of sp³-hybridized carbons (Fsp3) is 0.500. The summed E-state index contributed by atoms with van der Waals surface area (Å²) in [5, 5.41) is 0. The summed E-state index contributed by atoms with van der Waals surface area (Å²) in [4.78, 5) is 30.9. The van der Waals surface area contributed by atoms with Crippen molar-refractivity contribution in [3.05, 3.63) is 29.8 Å². The molecule has 2 aliphatic heterocycles. The fourth-order valence-corrected chi connectivity index (χ4v) is 4.77. The van der Waals surface area contributed by atoms with Gasteiger partial charge in [0.15, 0.2) is 9.84 Å². The Hall–Kier alpha value is -1.93. The quantitative estimate of drug-likeness (QED) is 0.619. The van der Waals surface area contributed by atoms with Gasteiger partial charge in [0.1, 0.15) is 0 Å². The van der Waals surface area contributed by atoms with E-state index in [1.54, 1.807) is 23.1 Å². The average Bonchev–Trinajstić information content (AvgIpc) is 2.97. The highest BCUT2D eigenvalue weighted by atomic mass is 32.2. The maximum absolute atomic E-state index is 12.3. The lowest BCUT2D eigenvalue weighted by Gasteiger charge is -2.24. The van der Waals surface area contributed by atoms with E-state index >= 15 is 0 Å². The zero-order valence-corrected chi connectivity index (χ0v) is 14.0. The summed E-state index contributed by atoms with van der Waals surface area (Å²) in [7, 11) is -3.32. The molecule has 1 atom stereocenters. The van der Waals surface area contributed by atoms with Gasteiger partial charge in [-0.05, 0) is 24.5 Å². The van der Waals surface area contributed by atoms with Crippen molar-refractivity contribution in [1.29, 1.82) is 0 Å². The molecule has 24 heavy (non-hydrogen) atoms. The van der Waals surface area contributed by atoms with Gasteiger partial charge < -0.3 is 4.90 Å². The Morgan fingerprint density at radius 3 is 2.88 bits per heavy atom. The van der Waals surface area contributed by atoms with Crippen LogP contribution in [0.25, 0.3) is 0 Å². The van der Waals surface area contributed by atoms with Crippen molar-refractivity contribution in [3.63, 3.8) is 0 Å². The Bertz CT molecular complexity index is 747. The van der Waals surface area contributed by atoms with E-state index in [0.29, 0.717) is 18.5 Å². The van der Waals surface area contributed by atoms with E-state index in [9.17, 15) is 18.0 Å². The Morgan fingerprint density at radius 1 is 1.33 bits per heavy atom. The molecule has 3 rings (SSSR count). The van der Waals surface area contributed by atoms with E-state index in [2.05, 4.69) is 5.48 Å². The zero-order chi connectivity index (χ0) is 17.2. The third-order valence-electron chi connectivity index (χ3n) is 4.43. The van der Waals surface area contributed by atoms with Crippen molar-refractivity contribution in [2.45, 2.75) is 30.1 Å². The number of carbonyl (C=O) groups is 2. The third-order valence-corrected chi connectivity index (χ3v) is 6.24. The van der Waals surface area contributed by atoms with Crippen LogP contribution in [0.3, 0.4) is 0 Å². The number of nitrogens with zero attached hydrogens (tertiary/aromatic N) is 1. The van der Waals surface area contributed by atoms with Crippen molar-refractivity contribution in [2.75, 3.05) is 25.4 Å². The van der Waals surface area contributed by atoms with Gasteiger partial charge in [0.25, 0.3) is 5.91 Å². The van der Waals surface area contributed by atoms with E-state index in [4.69, 9.17) is 4.84 Å². The Labute approximate surface area is 140 Å². The molecular weight excluding hydrogens is 332 g/mol. The first kappa shape index (κ1) is 16.9. The van der Waals surface area contributed by atoms with Gasteiger partial charge >= 0.3 is 0 Å². The molecule has 0 spiro atoms. The van der Waals surface area contributed by atoms with E-state index in [1.807, 2.05) is 0 Å². The smallest absolute Gasteiger partial charge is 0.251 e. The number of nitrogens with one attached hydrogen (secondary N) is 1. The van der Waals surface area contributed by atoms with Crippen molar-refractivity contribution in [1.82, 2.24) is 10.4 Å². The van der Waals surface area contributed by atoms with Crippen molar-refractivity contribution in [2.24, 2.45) is 0 Å². The van der Waals surface area contributed by atoms with Crippen LogP contribution in [0, 0.1) is 0 Å². The van der Waals surface area contributed by atoms with Crippen LogP contribution in [0.2, 0.25) is 0 Å². The number of sulfone groups is 1. The van der Waals surface area contributed by atoms with Crippen LogP contribution in [-0.4, -0.2) is 50.6 Å². The number of hydrogen-bond donors (Lipinski definition) is 1. The number of likely N-dealkylation sites (tertiary alicyclic amines) is 1. The molecule has 1 N–H and O–H groups in total. The molecule has 2 heterocycles. The normalized spacial score (nSPS) is 22.2. The van der Waals surface area contributed by atoms with E-state index in [0.717, 1.165) is 13.0 Å². The summed E-state index contributed by atoms with van der Waals surface area (Å²) in [6.45, 7) is 1.38. The van der Waals surface area contributed by atoms with Crippen molar-refractivity contribution in [3.8, 4) is 0 Å². The molecule has 1 aromatic rings. The summed E-state index contributed by atoms with van der Waals surface area (Å²) in [6, 6.07) is 6.57. The van der Waals surface area contributed by atoms with Crippen LogP contribution in [0.1, 0.15) is 30.7 Å². The molecule has 1 saturated heterocycles. The van der Waals surface area contributed by atoms with Crippen LogP contribution in [0.15, 0.2) is 29.2 Å². The number of hydrogen-bond acceptors (Lipinski definition) is 5. The number of benzene rings is 1. The lowest BCUT2D eigenvalue weighted by atomic mass is 9.95. The van der Waals surface area contributed by atoms with Gasteiger partial charge in [-0.2, -0.15) is 0 Å². The molecule has 0 aliphatic carbocycles. The number of fused-ring (bicyclic) bond motifs is 1. The maximum atomic E-state index is 12.3. The highest BCUT2D eigenvalue weighted by Gasteiger charge is 2.34. The molecule has 0 bridgehead atoms. The standard InChI is InChI=1S/C16H20N2O5S/c19-15-6-3-8-18(15)9-10-23-17-16(20)13-7-11-24(21,22)14-5-2-1-4-12(13)14/h1-2,4-5,13H,3,6-11H2,(H,17,20). The average molecular weight is 352 g/mol. The highest BCUT2D eigenvalue weighted by Crippen LogP contribution is 2.33. The number of amides is 2. The SMILES string of the molecule is O=C(NOCCN1CCCC1=O)C1CCS(=O)(=O)c2ccccc21. The lowest BCUT2D eigenvalue weighted by molar-refractivity contribution is -0.136. The Morgan fingerprint density at radius 2 is 2.12 bits per heavy atom. The fourth-order valence-electron chi connectivity index (χ4n) is 3.15. The number of carbonyl (C=O) groups excluding carboxylic acids is 2. The number of rotatable bonds is 5. The molecule has 1 fully saturated rings. The molecule has 2 aliphatic rings. The number of hydroxylamine groups is 1. The first-order valence-corrected chi connectivity index (χ1v) is 9.65. The van der Waals surface area contributed by atoms with Gasteiger partial charge in [0.05, 0.1) is 23.2 Å². The summed E-state index contributed by atoms with van der Waals surface area (Å²) < 4.78 is 24.2. The van der Waals surface area contributed by atoms with Gasteiger partial charge in [0, 0.05) is 19.5 Å².